The predicted molar refractivity (Wildman–Crippen MR) is 75.8 cm³/mol. The highest BCUT2D eigenvalue weighted by atomic mass is 19.4. The van der Waals surface area contributed by atoms with E-state index in [9.17, 15) is 23.1 Å². The van der Waals surface area contributed by atoms with Crippen LogP contribution in [-0.4, -0.2) is 20.8 Å². The van der Waals surface area contributed by atoms with Gasteiger partial charge in [0.2, 0.25) is 5.88 Å². The van der Waals surface area contributed by atoms with E-state index < -0.39 is 23.0 Å². The normalized spacial score (nSPS) is 21.8. The number of aromatic nitrogens is 2. The van der Waals surface area contributed by atoms with E-state index in [1.807, 2.05) is 0 Å². The molecule has 1 fully saturated rings. The van der Waals surface area contributed by atoms with Gasteiger partial charge >= 0.3 is 11.9 Å². The fourth-order valence-electron chi connectivity index (χ4n) is 3.56. The highest BCUT2D eigenvalue weighted by molar-refractivity contribution is 5.50. The quantitative estimate of drug-likeness (QED) is 0.832. The molecule has 2 N–H and O–H groups in total. The van der Waals surface area contributed by atoms with Gasteiger partial charge in [0.15, 0.2) is 0 Å². The third-order valence-corrected chi connectivity index (χ3v) is 4.59. The number of fused-ring (bicyclic) bond motifs is 5. The van der Waals surface area contributed by atoms with Crippen LogP contribution in [-0.2, 0) is 6.18 Å². The van der Waals surface area contributed by atoms with Gasteiger partial charge in [-0.15, -0.1) is 0 Å². The van der Waals surface area contributed by atoms with E-state index in [-0.39, 0.29) is 23.7 Å². The molecule has 2 bridgehead atoms. The summed E-state index contributed by atoms with van der Waals surface area (Å²) >= 11 is 0. The Labute approximate surface area is 133 Å². The van der Waals surface area contributed by atoms with Crippen molar-refractivity contribution in [3.63, 3.8) is 0 Å². The summed E-state index contributed by atoms with van der Waals surface area (Å²) in [6.07, 6.45) is -4.05. The second-order valence-electron chi connectivity index (χ2n) is 5.89. The minimum atomic E-state index is -4.73. The Morgan fingerprint density at radius 1 is 1.38 bits per heavy atom. The zero-order valence-corrected chi connectivity index (χ0v) is 12.1. The molecule has 0 radical (unpaired) electrons. The second-order valence-corrected chi connectivity index (χ2v) is 5.89. The summed E-state index contributed by atoms with van der Waals surface area (Å²) in [5.74, 6) is -0.363. The smallest absolute Gasteiger partial charge is 0.417 e. The monoisotopic (exact) mass is 336 g/mol. The van der Waals surface area contributed by atoms with Crippen LogP contribution in [0.25, 0.3) is 5.69 Å². The van der Waals surface area contributed by atoms with E-state index in [2.05, 4.69) is 5.32 Å². The fraction of sp³-hybridized carbons (Fsp3) is 0.333. The van der Waals surface area contributed by atoms with Crippen molar-refractivity contribution in [2.24, 2.45) is 0 Å². The van der Waals surface area contributed by atoms with Crippen LogP contribution in [0.1, 0.15) is 35.3 Å². The maximum atomic E-state index is 13.1. The largest absolute Gasteiger partial charge is 0.493 e. The number of nitrogens with zero attached hydrogens (tertiary/aromatic N) is 3. The first kappa shape index (κ1) is 14.8. The molecule has 2 aliphatic rings. The Kier molecular flexibility index (Phi) is 2.87. The molecule has 2 atom stereocenters. The molecule has 0 saturated carbocycles. The van der Waals surface area contributed by atoms with Gasteiger partial charge in [0.25, 0.3) is 0 Å². The van der Waals surface area contributed by atoms with Crippen LogP contribution in [0.5, 0.6) is 5.88 Å². The molecule has 24 heavy (non-hydrogen) atoms. The molecule has 124 valence electrons. The van der Waals surface area contributed by atoms with E-state index in [0.29, 0.717) is 24.7 Å². The zero-order chi connectivity index (χ0) is 17.2. The average Bonchev–Trinajstić information content (AvgIpc) is 3.20. The molecule has 0 aliphatic carbocycles. The van der Waals surface area contributed by atoms with Crippen molar-refractivity contribution in [2.45, 2.75) is 24.7 Å². The Hall–Kier alpha value is -2.73. The summed E-state index contributed by atoms with van der Waals surface area (Å²) in [4.78, 5) is 12.6. The first-order valence-electron chi connectivity index (χ1n) is 7.24. The Bertz CT molecular complexity index is 951. The first-order valence-corrected chi connectivity index (χ1v) is 7.24. The van der Waals surface area contributed by atoms with E-state index in [1.54, 1.807) is 0 Å². The maximum absolute atomic E-state index is 13.1. The van der Waals surface area contributed by atoms with Crippen LogP contribution in [0, 0.1) is 11.3 Å². The SMILES string of the molecule is N#Cc1ccc(-n2c(O)c3n(c2=O)[C@H]2CN[C@@H]3C2)cc1C(F)(F)F. The predicted octanol–water partition coefficient (Wildman–Crippen LogP) is 1.82. The van der Waals surface area contributed by atoms with Gasteiger partial charge in [0.1, 0.15) is 5.69 Å². The van der Waals surface area contributed by atoms with Gasteiger partial charge in [-0.2, -0.15) is 18.4 Å². The van der Waals surface area contributed by atoms with E-state index in [4.69, 9.17) is 5.26 Å². The van der Waals surface area contributed by atoms with E-state index >= 15 is 0 Å². The second kappa shape index (κ2) is 4.64. The zero-order valence-electron chi connectivity index (χ0n) is 12.1. The lowest BCUT2D eigenvalue weighted by atomic mass is 10.1. The van der Waals surface area contributed by atoms with Gasteiger partial charge in [-0.3, -0.25) is 4.57 Å². The first-order chi connectivity index (χ1) is 11.3. The molecule has 0 unspecified atom stereocenters. The standard InChI is InChI=1S/C15H11F3N4O2/c16-15(17,18)10-3-8(2-1-7(10)5-19)22-13(23)12-11-4-9(6-20-11)21(12)14(22)24/h1-3,9,11,20,23H,4,6H2/t9-,11-/m1/s1. The molecule has 3 heterocycles. The molecule has 9 heteroatoms. The topological polar surface area (TPSA) is 83.0 Å². The molecule has 2 aliphatic heterocycles. The molecule has 1 aromatic carbocycles. The van der Waals surface area contributed by atoms with Crippen molar-refractivity contribution < 1.29 is 18.3 Å². The number of nitrogens with one attached hydrogen (secondary N) is 1. The molecule has 4 rings (SSSR count). The van der Waals surface area contributed by atoms with Gasteiger partial charge in [0.05, 0.1) is 35.0 Å². The van der Waals surface area contributed by atoms with E-state index in [0.717, 1.165) is 10.6 Å². The van der Waals surface area contributed by atoms with Gasteiger partial charge in [-0.25, -0.2) is 9.36 Å². The lowest BCUT2D eigenvalue weighted by Crippen LogP contribution is -2.31. The third kappa shape index (κ3) is 1.83. The Morgan fingerprint density at radius 3 is 2.75 bits per heavy atom. The summed E-state index contributed by atoms with van der Waals surface area (Å²) in [6, 6.07) is 4.14. The molecule has 2 aromatic rings. The van der Waals surface area contributed by atoms with Gasteiger partial charge in [-0.1, -0.05) is 0 Å². The van der Waals surface area contributed by atoms with Gasteiger partial charge < -0.3 is 10.4 Å². The average molecular weight is 336 g/mol. The fourth-order valence-corrected chi connectivity index (χ4v) is 3.56. The molecule has 0 amide bonds. The molecule has 6 nitrogen and oxygen atoms in total. The van der Waals surface area contributed by atoms with Crippen molar-refractivity contribution in [3.8, 4) is 17.6 Å². The summed E-state index contributed by atoms with van der Waals surface area (Å²) < 4.78 is 41.6. The van der Waals surface area contributed by atoms with Crippen molar-refractivity contribution in [1.82, 2.24) is 14.5 Å². The Morgan fingerprint density at radius 2 is 2.12 bits per heavy atom. The molecule has 1 aromatic heterocycles. The molecular formula is C15H11F3N4O2. The molecule has 0 spiro atoms. The minimum absolute atomic E-state index is 0.106. The van der Waals surface area contributed by atoms with E-state index in [1.165, 1.54) is 16.7 Å². The number of nitriles is 1. The van der Waals surface area contributed by atoms with Gasteiger partial charge in [-0.05, 0) is 24.6 Å². The highest BCUT2D eigenvalue weighted by Gasteiger charge is 2.43. The number of halogens is 3. The number of aromatic hydroxyl groups is 1. The summed E-state index contributed by atoms with van der Waals surface area (Å²) in [6.45, 7) is 0.586. The van der Waals surface area contributed by atoms with Crippen LogP contribution >= 0.6 is 0 Å². The number of benzene rings is 1. The summed E-state index contributed by atoms with van der Waals surface area (Å²) in [5, 5.41) is 22.4. The van der Waals surface area contributed by atoms with Crippen LogP contribution < -0.4 is 11.0 Å². The molecule has 1 saturated heterocycles. The van der Waals surface area contributed by atoms with Crippen LogP contribution in [0.2, 0.25) is 0 Å². The summed E-state index contributed by atoms with van der Waals surface area (Å²) in [5.41, 5.74) is -1.97. The van der Waals surface area contributed by atoms with Crippen molar-refractivity contribution in [3.05, 3.63) is 45.5 Å². The number of hydrogen-bond acceptors (Lipinski definition) is 4. The van der Waals surface area contributed by atoms with Crippen LogP contribution in [0.4, 0.5) is 13.2 Å². The Balaban J connectivity index is 1.94. The number of hydrogen-bond donors (Lipinski definition) is 2. The molecular weight excluding hydrogens is 325 g/mol. The number of rotatable bonds is 1. The van der Waals surface area contributed by atoms with Crippen LogP contribution in [0.15, 0.2) is 23.0 Å². The van der Waals surface area contributed by atoms with Crippen molar-refractivity contribution in [2.75, 3.05) is 6.54 Å². The van der Waals surface area contributed by atoms with Gasteiger partial charge in [0, 0.05) is 6.54 Å². The lowest BCUT2D eigenvalue weighted by molar-refractivity contribution is -0.137. The number of alkyl halides is 3. The lowest BCUT2D eigenvalue weighted by Gasteiger charge is -2.13. The minimum Gasteiger partial charge on any atom is -0.493 e. The maximum Gasteiger partial charge on any atom is 0.417 e. The third-order valence-electron chi connectivity index (χ3n) is 4.59. The van der Waals surface area contributed by atoms with Crippen LogP contribution in [0.3, 0.4) is 0 Å². The van der Waals surface area contributed by atoms with Crippen molar-refractivity contribution >= 4 is 0 Å². The highest BCUT2D eigenvalue weighted by Crippen LogP contribution is 2.43. The number of imidazole rings is 1. The summed E-state index contributed by atoms with van der Waals surface area (Å²) in [7, 11) is 0. The van der Waals surface area contributed by atoms with Crippen molar-refractivity contribution in [1.29, 1.82) is 5.26 Å².